The van der Waals surface area contributed by atoms with E-state index in [4.69, 9.17) is 4.74 Å². The van der Waals surface area contributed by atoms with Crippen LogP contribution in [0.2, 0.25) is 0 Å². The van der Waals surface area contributed by atoms with Gasteiger partial charge in [-0.1, -0.05) is 26.8 Å². The van der Waals surface area contributed by atoms with Crippen LogP contribution in [0, 0.1) is 33.9 Å². The Bertz CT molecular complexity index is 2070. The number of carbonyl (C=O) groups excluding carboxylic acids is 2. The van der Waals surface area contributed by atoms with Crippen LogP contribution in [0.3, 0.4) is 0 Å². The molecule has 0 saturated carbocycles. The molecule has 0 radical (unpaired) electrons. The lowest BCUT2D eigenvalue weighted by Crippen LogP contribution is -2.61. The monoisotopic (exact) mass is 833 g/mol. The first-order valence-corrected chi connectivity index (χ1v) is 22.6. The molecule has 5 saturated heterocycles. The Kier molecular flexibility index (Phi) is 12.2. The van der Waals surface area contributed by atoms with E-state index in [2.05, 4.69) is 25.8 Å². The van der Waals surface area contributed by atoms with Gasteiger partial charge < -0.3 is 24.3 Å². The zero-order valence-corrected chi connectivity index (χ0v) is 36.4. The molecule has 14 nitrogen and oxygen atoms in total. The lowest BCUT2D eigenvalue weighted by molar-refractivity contribution is -0.128. The number of hydrogen-bond donors (Lipinski definition) is 0. The normalized spacial score (nSPS) is 23.2. The fourth-order valence-corrected chi connectivity index (χ4v) is 11.7. The molecule has 2 bridgehead atoms. The number of piperazine rings is 1. The molecule has 7 rings (SSSR count). The smallest absolute Gasteiger partial charge is 0.282 e. The summed E-state index contributed by atoms with van der Waals surface area (Å²) in [7, 11) is -3.65. The van der Waals surface area contributed by atoms with Crippen LogP contribution in [-0.4, -0.2) is 137 Å². The van der Waals surface area contributed by atoms with Crippen molar-refractivity contribution in [3.63, 3.8) is 0 Å². The molecule has 0 unspecified atom stereocenters. The number of aromatic nitrogens is 2. The van der Waals surface area contributed by atoms with Crippen LogP contribution in [0.25, 0.3) is 0 Å². The van der Waals surface area contributed by atoms with Crippen molar-refractivity contribution < 1.29 is 27.1 Å². The summed E-state index contributed by atoms with van der Waals surface area (Å²) in [5, 5.41) is 9.65. The molecule has 5 aliphatic heterocycles. The van der Waals surface area contributed by atoms with E-state index in [0.29, 0.717) is 43.5 Å². The van der Waals surface area contributed by atoms with E-state index in [9.17, 15) is 27.7 Å². The van der Waals surface area contributed by atoms with Crippen molar-refractivity contribution >= 4 is 27.8 Å². The minimum Gasteiger partial charge on any atom is -0.451 e. The maximum atomic E-state index is 14.5. The van der Waals surface area contributed by atoms with Gasteiger partial charge in [-0.15, -0.1) is 0 Å². The number of carbonyl (C=O) groups is 2. The molecule has 6 heterocycles. The quantitative estimate of drug-likeness (QED) is 0.216. The summed E-state index contributed by atoms with van der Waals surface area (Å²) >= 11 is 0. The lowest BCUT2D eigenvalue weighted by Gasteiger charge is -2.54. The third kappa shape index (κ3) is 8.99. The number of halogens is 1. The number of fused-ring (bicyclic) bond motifs is 2. The van der Waals surface area contributed by atoms with E-state index >= 15 is 0 Å². The molecule has 1 aromatic carbocycles. The molecule has 0 aliphatic carbocycles. The summed E-state index contributed by atoms with van der Waals surface area (Å²) in [4.78, 5) is 43.7. The molecule has 1 aromatic heterocycles. The number of anilines is 1. The fraction of sp³-hybridized carbons (Fsp3) is 0.651. The predicted octanol–water partition coefficient (Wildman–Crippen LogP) is 5.31. The second-order valence-corrected chi connectivity index (χ2v) is 20.8. The molecule has 16 heteroatoms. The summed E-state index contributed by atoms with van der Waals surface area (Å²) in [5.74, 6) is 0.635. The minimum atomic E-state index is -3.65. The number of likely N-dealkylation sites (tertiary alicyclic amines) is 2. The largest absolute Gasteiger partial charge is 0.451 e. The van der Waals surface area contributed by atoms with Gasteiger partial charge in [0.05, 0.1) is 11.8 Å². The number of hydrogen-bond acceptors (Lipinski definition) is 10. The summed E-state index contributed by atoms with van der Waals surface area (Å²) in [6.45, 7) is 19.7. The number of ether oxygens (including phenoxy) is 1. The van der Waals surface area contributed by atoms with Crippen LogP contribution >= 0.6 is 0 Å². The molecule has 0 N–H and O–H groups in total. The Balaban J connectivity index is 0.884. The summed E-state index contributed by atoms with van der Waals surface area (Å²) in [5.41, 5.74) is 0.126. The Morgan fingerprint density at radius 1 is 1.03 bits per heavy atom. The van der Waals surface area contributed by atoms with Crippen molar-refractivity contribution in [2.45, 2.75) is 105 Å². The van der Waals surface area contributed by atoms with Gasteiger partial charge in [0.25, 0.3) is 22.0 Å². The molecular formula is C43H60FN9O5S. The minimum absolute atomic E-state index is 0.0817. The van der Waals surface area contributed by atoms with Gasteiger partial charge >= 0.3 is 0 Å². The number of amides is 2. The Morgan fingerprint density at radius 3 is 2.31 bits per heavy atom. The van der Waals surface area contributed by atoms with Crippen molar-refractivity contribution in [3.8, 4) is 17.6 Å². The molecule has 2 atom stereocenters. The van der Waals surface area contributed by atoms with Gasteiger partial charge in [0.2, 0.25) is 0 Å². The third-order valence-electron chi connectivity index (χ3n) is 12.8. The highest BCUT2D eigenvalue weighted by atomic mass is 32.2. The SMILES string of the molecule is CC(C)N(C(=O)c1cc(F)ccc1Oc1cncnc1N1CC2(CCN(CC3CCN(S(=O)(=O)N4C[C@@H]5C[C@H]4CN5C(=O)/C(C#N)=C/C(C)(C)C)CC3)CC2)C1)C(C)C. The highest BCUT2D eigenvalue weighted by Crippen LogP contribution is 2.45. The van der Waals surface area contributed by atoms with Crippen molar-refractivity contribution in [1.82, 2.24) is 33.3 Å². The number of piperidine rings is 2. The first-order valence-electron chi connectivity index (χ1n) is 21.2. The van der Waals surface area contributed by atoms with Crippen LogP contribution in [0.1, 0.15) is 90.9 Å². The number of benzene rings is 1. The van der Waals surface area contributed by atoms with Crippen LogP contribution in [0.15, 0.2) is 42.4 Å². The van der Waals surface area contributed by atoms with Gasteiger partial charge in [-0.2, -0.15) is 22.3 Å². The number of nitriles is 1. The maximum absolute atomic E-state index is 14.5. The van der Waals surface area contributed by atoms with Crippen molar-refractivity contribution in [1.29, 1.82) is 5.26 Å². The third-order valence-corrected chi connectivity index (χ3v) is 14.8. The summed E-state index contributed by atoms with van der Waals surface area (Å²) in [6, 6.07) is 5.43. The van der Waals surface area contributed by atoms with Crippen molar-refractivity contribution in [2.24, 2.45) is 16.7 Å². The molecule has 320 valence electrons. The highest BCUT2D eigenvalue weighted by molar-refractivity contribution is 7.86. The standard InChI is InChI=1S/C43H60FN9O5S/c1-29(2)53(30(3)4)41(55)36-18-33(44)8-9-37(36)58-38-22-46-28-47-39(38)49-26-43(27-49)12-16-48(17-13-43)23-31-10-14-50(15-11-31)59(56,57)52-25-34-19-35(52)24-51(34)40(54)32(21-45)20-42(5,6)7/h8-9,18,20,22,28-31,34-35H,10-17,19,23-27H2,1-7H3/b32-20+/t34-,35-/m0/s1. The molecule has 59 heavy (non-hydrogen) atoms. The van der Waals surface area contributed by atoms with Gasteiger partial charge in [-0.05, 0) is 102 Å². The van der Waals surface area contributed by atoms with E-state index in [1.54, 1.807) is 30.7 Å². The second-order valence-electron chi connectivity index (χ2n) is 19.0. The molecule has 5 fully saturated rings. The number of rotatable bonds is 11. The molecule has 2 amide bonds. The lowest BCUT2D eigenvalue weighted by atomic mass is 9.72. The van der Waals surface area contributed by atoms with Gasteiger partial charge in [0.15, 0.2) is 11.6 Å². The average molecular weight is 834 g/mol. The van der Waals surface area contributed by atoms with Gasteiger partial charge in [0.1, 0.15) is 29.5 Å². The van der Waals surface area contributed by atoms with Crippen LogP contribution in [0.4, 0.5) is 10.2 Å². The summed E-state index contributed by atoms with van der Waals surface area (Å²) < 4.78 is 51.7. The van der Waals surface area contributed by atoms with E-state index in [-0.39, 0.29) is 70.2 Å². The topological polar surface area (TPSA) is 147 Å². The first-order chi connectivity index (χ1) is 27.9. The van der Waals surface area contributed by atoms with Gasteiger partial charge in [-0.3, -0.25) is 9.59 Å². The van der Waals surface area contributed by atoms with Crippen molar-refractivity contribution in [2.75, 3.05) is 63.8 Å². The van der Waals surface area contributed by atoms with E-state index in [0.717, 1.165) is 58.4 Å². The summed E-state index contributed by atoms with van der Waals surface area (Å²) in [6.07, 6.45) is 9.12. The average Bonchev–Trinajstić information content (AvgIpc) is 3.79. The Hall–Kier alpha value is -4.17. The molecular weight excluding hydrogens is 774 g/mol. The van der Waals surface area contributed by atoms with Crippen LogP contribution in [-0.2, 0) is 15.0 Å². The highest BCUT2D eigenvalue weighted by Gasteiger charge is 2.52. The Labute approximate surface area is 349 Å². The molecule has 5 aliphatic rings. The first kappa shape index (κ1) is 42.9. The fourth-order valence-electron chi connectivity index (χ4n) is 9.87. The van der Waals surface area contributed by atoms with E-state index in [1.165, 1.54) is 24.5 Å². The predicted molar refractivity (Wildman–Crippen MR) is 222 cm³/mol. The zero-order valence-electron chi connectivity index (χ0n) is 35.6. The van der Waals surface area contributed by atoms with Gasteiger partial charge in [0, 0.05) is 75.4 Å². The van der Waals surface area contributed by atoms with E-state index in [1.807, 2.05) is 48.5 Å². The molecule has 2 aromatic rings. The molecule has 1 spiro atoms. The van der Waals surface area contributed by atoms with Gasteiger partial charge in [-0.25, -0.2) is 14.4 Å². The van der Waals surface area contributed by atoms with Crippen molar-refractivity contribution in [3.05, 3.63) is 53.8 Å². The number of allylic oxidation sites excluding steroid dienone is 1. The van der Waals surface area contributed by atoms with Crippen LogP contribution in [0.5, 0.6) is 11.5 Å². The second kappa shape index (κ2) is 16.7. The Morgan fingerprint density at radius 2 is 1.71 bits per heavy atom. The number of nitrogens with zero attached hydrogens (tertiary/aromatic N) is 9. The maximum Gasteiger partial charge on any atom is 0.282 e. The zero-order chi connectivity index (χ0) is 42.4. The van der Waals surface area contributed by atoms with Crippen LogP contribution < -0.4 is 9.64 Å². The van der Waals surface area contributed by atoms with E-state index < -0.39 is 16.0 Å².